The molecule has 3 heterocycles. The van der Waals surface area contributed by atoms with Crippen LogP contribution < -0.4 is 21.1 Å². The van der Waals surface area contributed by atoms with Gasteiger partial charge in [-0.05, 0) is 49.4 Å². The van der Waals surface area contributed by atoms with Crippen molar-refractivity contribution < 1.29 is 37.4 Å². The van der Waals surface area contributed by atoms with Crippen LogP contribution in [0.3, 0.4) is 0 Å². The molecule has 238 valence electrons. The fourth-order valence-electron chi connectivity index (χ4n) is 5.01. The Morgan fingerprint density at radius 1 is 1.04 bits per heavy atom. The second-order valence-electron chi connectivity index (χ2n) is 10.2. The average molecular weight is 633 g/mol. The van der Waals surface area contributed by atoms with Crippen LogP contribution in [0.15, 0.2) is 47.3 Å². The number of hydrogen-bond donors (Lipinski definition) is 4. The van der Waals surface area contributed by atoms with Crippen LogP contribution in [0.4, 0.5) is 34.9 Å². The molecule has 0 spiro atoms. The van der Waals surface area contributed by atoms with Crippen LogP contribution in [0.25, 0.3) is 5.78 Å². The summed E-state index contributed by atoms with van der Waals surface area (Å²) in [6.07, 6.45) is -4.53. The second-order valence-corrected chi connectivity index (χ2v) is 10.2. The Labute approximate surface area is 252 Å². The number of phenols is 1. The molecule has 4 aromatic rings. The minimum Gasteiger partial charge on any atom is -0.507 e. The number of amides is 2. The molecule has 1 aliphatic rings. The number of carbonyl (C=O) groups is 2. The van der Waals surface area contributed by atoms with Crippen molar-refractivity contribution >= 4 is 34.9 Å². The van der Waals surface area contributed by atoms with Gasteiger partial charge in [0, 0.05) is 44.1 Å². The largest absolute Gasteiger partial charge is 0.507 e. The van der Waals surface area contributed by atoms with Crippen molar-refractivity contribution in [1.29, 1.82) is 0 Å². The first-order valence-electron chi connectivity index (χ1n) is 13.7. The van der Waals surface area contributed by atoms with Gasteiger partial charge in [-0.2, -0.15) is 22.7 Å². The van der Waals surface area contributed by atoms with E-state index in [0.717, 1.165) is 47.0 Å². The molecule has 0 saturated carbocycles. The highest BCUT2D eigenvalue weighted by molar-refractivity contribution is 5.97. The number of phenolic OH excluding ortho intramolecular Hbond substituents is 1. The molecule has 5 rings (SSSR count). The first-order chi connectivity index (χ1) is 21.4. The summed E-state index contributed by atoms with van der Waals surface area (Å²) in [5.74, 6) is -2.22. The fourth-order valence-corrected chi connectivity index (χ4v) is 5.01. The number of carbonyl (C=O) groups excluding carboxylic acids is 2. The van der Waals surface area contributed by atoms with Crippen molar-refractivity contribution in [3.63, 3.8) is 0 Å². The summed E-state index contributed by atoms with van der Waals surface area (Å²) in [6, 6.07) is 7.00. The van der Waals surface area contributed by atoms with Gasteiger partial charge in [0.2, 0.25) is 17.6 Å². The Morgan fingerprint density at radius 2 is 1.73 bits per heavy atom. The maximum atomic E-state index is 13.7. The quantitative estimate of drug-likeness (QED) is 0.214. The Hall–Kier alpha value is -5.19. The summed E-state index contributed by atoms with van der Waals surface area (Å²) in [6.45, 7) is 1.65. The van der Waals surface area contributed by atoms with Crippen molar-refractivity contribution in [2.75, 3.05) is 54.9 Å². The van der Waals surface area contributed by atoms with Crippen molar-refractivity contribution in [3.05, 3.63) is 75.5 Å². The molecule has 13 nitrogen and oxygen atoms in total. The van der Waals surface area contributed by atoms with E-state index in [1.165, 1.54) is 9.47 Å². The summed E-state index contributed by atoms with van der Waals surface area (Å²) in [4.78, 5) is 47.2. The van der Waals surface area contributed by atoms with Gasteiger partial charge in [-0.25, -0.2) is 4.39 Å². The third-order valence-electron chi connectivity index (χ3n) is 7.24. The topological polar surface area (TPSA) is 157 Å². The normalized spacial score (nSPS) is 13.7. The van der Waals surface area contributed by atoms with Gasteiger partial charge < -0.3 is 35.2 Å². The van der Waals surface area contributed by atoms with Crippen LogP contribution in [0, 0.1) is 12.7 Å². The molecular weight excluding hydrogens is 604 g/mol. The first kappa shape index (κ1) is 31.2. The predicted molar refractivity (Wildman–Crippen MR) is 154 cm³/mol. The zero-order chi connectivity index (χ0) is 32.5. The zero-order valence-electron chi connectivity index (χ0n) is 23.8. The summed E-state index contributed by atoms with van der Waals surface area (Å²) in [5.41, 5.74) is -0.992. The third kappa shape index (κ3) is 6.52. The average Bonchev–Trinajstić information content (AvgIpc) is 3.44. The minimum atomic E-state index is -4.53. The molecule has 45 heavy (non-hydrogen) atoms. The molecule has 2 aromatic carbocycles. The number of rotatable bonds is 8. The van der Waals surface area contributed by atoms with Crippen LogP contribution in [0.5, 0.6) is 5.75 Å². The highest BCUT2D eigenvalue weighted by Crippen LogP contribution is 2.30. The molecule has 17 heteroatoms. The van der Waals surface area contributed by atoms with E-state index in [4.69, 9.17) is 0 Å². The van der Waals surface area contributed by atoms with Gasteiger partial charge in [-0.15, -0.1) is 5.10 Å². The lowest BCUT2D eigenvalue weighted by Crippen LogP contribution is -2.50. The highest BCUT2D eigenvalue weighted by atomic mass is 19.4. The lowest BCUT2D eigenvalue weighted by atomic mass is 10.1. The number of fused-ring (bicyclic) bond motifs is 1. The smallest absolute Gasteiger partial charge is 0.416 e. The summed E-state index contributed by atoms with van der Waals surface area (Å²) < 4.78 is 55.0. The molecule has 0 unspecified atom stereocenters. The number of aliphatic hydroxyl groups is 1. The van der Waals surface area contributed by atoms with Gasteiger partial charge in [0.25, 0.3) is 11.5 Å². The number of nitrogens with one attached hydrogen (secondary N) is 2. The van der Waals surface area contributed by atoms with Gasteiger partial charge in [-0.1, -0.05) is 0 Å². The Bertz CT molecular complexity index is 1800. The minimum absolute atomic E-state index is 0.000322. The van der Waals surface area contributed by atoms with Crippen molar-refractivity contribution in [2.45, 2.75) is 19.6 Å². The summed E-state index contributed by atoms with van der Waals surface area (Å²) >= 11 is 0. The van der Waals surface area contributed by atoms with E-state index in [2.05, 4.69) is 20.7 Å². The number of benzene rings is 2. The first-order valence-corrected chi connectivity index (χ1v) is 13.7. The Kier molecular flexibility index (Phi) is 8.63. The molecule has 0 atom stereocenters. The van der Waals surface area contributed by atoms with Gasteiger partial charge in [-0.3, -0.25) is 14.4 Å². The number of aliphatic hydroxyl groups excluding tert-OH is 1. The summed E-state index contributed by atoms with van der Waals surface area (Å²) in [5, 5.41) is 28.7. The van der Waals surface area contributed by atoms with E-state index in [1.807, 2.05) is 0 Å². The standard InChI is InChI=1S/C28H28F4N8O5/c1-16-23(37-9-11-38(12-10-37)24(44)20-14-18(29)4-7-21(20)42)25(45)40-27(35-26(36-40)33-8-13-41)39(16)15-22(43)34-19-5-2-17(3-6-19)28(30,31)32/h2-7,14,41-42H,8-13,15H2,1H3,(H,33,36)(H,34,43). The maximum absolute atomic E-state index is 13.7. The van der Waals surface area contributed by atoms with E-state index in [1.54, 1.807) is 11.8 Å². The number of anilines is 3. The van der Waals surface area contributed by atoms with Gasteiger partial charge >= 0.3 is 6.18 Å². The van der Waals surface area contributed by atoms with Crippen LogP contribution in [-0.2, 0) is 17.5 Å². The lowest BCUT2D eigenvalue weighted by Gasteiger charge is -2.36. The van der Waals surface area contributed by atoms with E-state index in [-0.39, 0.29) is 80.3 Å². The van der Waals surface area contributed by atoms with E-state index in [9.17, 15) is 42.2 Å². The number of aromatic hydroxyl groups is 1. The monoisotopic (exact) mass is 632 g/mol. The van der Waals surface area contributed by atoms with Gasteiger partial charge in [0.15, 0.2) is 0 Å². The van der Waals surface area contributed by atoms with E-state index < -0.39 is 34.9 Å². The number of piperazine rings is 1. The highest BCUT2D eigenvalue weighted by Gasteiger charge is 2.31. The number of aromatic nitrogens is 4. The third-order valence-corrected chi connectivity index (χ3v) is 7.24. The van der Waals surface area contributed by atoms with Crippen molar-refractivity contribution in [3.8, 4) is 5.75 Å². The molecule has 2 amide bonds. The van der Waals surface area contributed by atoms with Crippen LogP contribution in [-0.4, -0.2) is 85.4 Å². The molecule has 1 fully saturated rings. The van der Waals surface area contributed by atoms with Gasteiger partial charge in [0.1, 0.15) is 23.8 Å². The molecule has 1 aliphatic heterocycles. The van der Waals surface area contributed by atoms with Crippen LogP contribution in [0.1, 0.15) is 21.6 Å². The number of hydrogen-bond acceptors (Lipinski definition) is 9. The van der Waals surface area contributed by atoms with Gasteiger partial charge in [0.05, 0.1) is 17.7 Å². The number of nitrogens with zero attached hydrogens (tertiary/aromatic N) is 6. The van der Waals surface area contributed by atoms with Crippen molar-refractivity contribution in [2.24, 2.45) is 0 Å². The zero-order valence-corrected chi connectivity index (χ0v) is 23.8. The Morgan fingerprint density at radius 3 is 2.38 bits per heavy atom. The molecule has 1 saturated heterocycles. The molecule has 2 aromatic heterocycles. The van der Waals surface area contributed by atoms with Crippen LogP contribution in [0.2, 0.25) is 0 Å². The number of halogens is 4. The molecular formula is C28H28F4N8O5. The SMILES string of the molecule is Cc1c(N2CCN(C(=O)c3cc(F)ccc3O)CC2)c(=O)n2nc(NCCO)nc2n1CC(=O)Nc1ccc(C(F)(F)F)cc1. The molecule has 4 N–H and O–H groups in total. The summed E-state index contributed by atoms with van der Waals surface area (Å²) in [7, 11) is 0. The van der Waals surface area contributed by atoms with E-state index in [0.29, 0.717) is 5.69 Å². The predicted octanol–water partition coefficient (Wildman–Crippen LogP) is 2.07. The van der Waals surface area contributed by atoms with E-state index >= 15 is 0 Å². The lowest BCUT2D eigenvalue weighted by molar-refractivity contribution is -0.137. The maximum Gasteiger partial charge on any atom is 0.416 e. The van der Waals surface area contributed by atoms with Crippen LogP contribution >= 0.6 is 0 Å². The molecule has 0 bridgehead atoms. The molecule has 0 radical (unpaired) electrons. The van der Waals surface area contributed by atoms with Crippen molar-refractivity contribution in [1.82, 2.24) is 24.1 Å². The molecule has 0 aliphatic carbocycles. The second kappa shape index (κ2) is 12.4. The fraction of sp³-hybridized carbons (Fsp3) is 0.321. The number of alkyl halides is 3. The Balaban J connectivity index is 1.42.